The number of hydrogen-bond donors (Lipinski definition) is 1. The summed E-state index contributed by atoms with van der Waals surface area (Å²) in [6.07, 6.45) is 4.30. The van der Waals surface area contributed by atoms with Crippen molar-refractivity contribution < 1.29 is 9.90 Å². The third kappa shape index (κ3) is 1.75. The molecular weight excluding hydrogens is 216 g/mol. The number of rotatable bonds is 4. The van der Waals surface area contributed by atoms with Crippen molar-refractivity contribution in [3.05, 3.63) is 18.0 Å². The van der Waals surface area contributed by atoms with E-state index in [-0.39, 0.29) is 5.41 Å². The highest BCUT2D eigenvalue weighted by Gasteiger charge is 2.68. The molecule has 1 aliphatic rings. The molecule has 94 valence electrons. The molecule has 2 rings (SSSR count). The van der Waals surface area contributed by atoms with Gasteiger partial charge in [0.2, 0.25) is 0 Å². The largest absolute Gasteiger partial charge is 0.481 e. The smallest absolute Gasteiger partial charge is 0.314 e. The fourth-order valence-corrected chi connectivity index (χ4v) is 2.66. The van der Waals surface area contributed by atoms with Gasteiger partial charge in [0.1, 0.15) is 5.41 Å². The number of nitrogens with zero attached hydrogens (tertiary/aromatic N) is 2. The maximum atomic E-state index is 11.5. The third-order valence-corrected chi connectivity index (χ3v) is 3.78. The summed E-state index contributed by atoms with van der Waals surface area (Å²) in [4.78, 5) is 11.5. The van der Waals surface area contributed by atoms with Crippen LogP contribution in [0.3, 0.4) is 0 Å². The Morgan fingerprint density at radius 2 is 2.18 bits per heavy atom. The molecule has 1 N–H and O–H groups in total. The third-order valence-electron chi connectivity index (χ3n) is 3.78. The number of aromatic nitrogens is 2. The van der Waals surface area contributed by atoms with Crippen molar-refractivity contribution in [2.45, 2.75) is 46.1 Å². The van der Waals surface area contributed by atoms with Crippen LogP contribution in [0.15, 0.2) is 12.4 Å². The fraction of sp³-hybridized carbons (Fsp3) is 0.692. The highest BCUT2D eigenvalue weighted by Crippen LogP contribution is 2.64. The Kier molecular flexibility index (Phi) is 2.56. The van der Waals surface area contributed by atoms with Crippen LogP contribution in [0.25, 0.3) is 0 Å². The lowest BCUT2D eigenvalue weighted by Gasteiger charge is -2.13. The Morgan fingerprint density at radius 1 is 1.59 bits per heavy atom. The predicted octanol–water partition coefficient (Wildman–Crippen LogP) is 2.29. The Bertz CT molecular complexity index is 448. The summed E-state index contributed by atoms with van der Waals surface area (Å²) in [5, 5.41) is 13.7. The van der Waals surface area contributed by atoms with E-state index in [0.29, 0.717) is 12.3 Å². The van der Waals surface area contributed by atoms with Crippen molar-refractivity contribution in [2.75, 3.05) is 0 Å². The van der Waals surface area contributed by atoms with Crippen molar-refractivity contribution in [1.29, 1.82) is 0 Å². The fourth-order valence-electron chi connectivity index (χ4n) is 2.66. The second kappa shape index (κ2) is 3.59. The molecular formula is C13H20N2O2. The summed E-state index contributed by atoms with van der Waals surface area (Å²) in [7, 11) is 0. The van der Waals surface area contributed by atoms with E-state index >= 15 is 0 Å². The lowest BCUT2D eigenvalue weighted by molar-refractivity contribution is -0.141. The highest BCUT2D eigenvalue weighted by molar-refractivity contribution is 5.86. The van der Waals surface area contributed by atoms with E-state index in [4.69, 9.17) is 0 Å². The van der Waals surface area contributed by atoms with Crippen molar-refractivity contribution in [2.24, 2.45) is 11.3 Å². The van der Waals surface area contributed by atoms with Crippen LogP contribution in [0.5, 0.6) is 0 Å². The number of hydrogen-bond acceptors (Lipinski definition) is 2. The summed E-state index contributed by atoms with van der Waals surface area (Å²) in [5.41, 5.74) is -0.0390. The molecule has 0 radical (unpaired) electrons. The quantitative estimate of drug-likeness (QED) is 0.872. The molecule has 1 aromatic rings. The van der Waals surface area contributed by atoms with Crippen molar-refractivity contribution in [3.63, 3.8) is 0 Å². The molecule has 1 fully saturated rings. The molecule has 1 aliphatic carbocycles. The molecule has 0 spiro atoms. The Morgan fingerprint density at radius 3 is 2.59 bits per heavy atom. The van der Waals surface area contributed by atoms with E-state index < -0.39 is 11.4 Å². The monoisotopic (exact) mass is 236 g/mol. The molecule has 4 heteroatoms. The maximum absolute atomic E-state index is 11.5. The molecule has 0 aliphatic heterocycles. The molecule has 4 nitrogen and oxygen atoms in total. The van der Waals surface area contributed by atoms with Crippen LogP contribution >= 0.6 is 0 Å². The van der Waals surface area contributed by atoms with Gasteiger partial charge in [-0.05, 0) is 17.8 Å². The molecule has 1 saturated carbocycles. The first kappa shape index (κ1) is 12.1. The maximum Gasteiger partial charge on any atom is 0.314 e. The minimum atomic E-state index is -0.730. The minimum Gasteiger partial charge on any atom is -0.481 e. The first-order chi connectivity index (χ1) is 7.79. The molecule has 0 aromatic carbocycles. The zero-order valence-corrected chi connectivity index (χ0v) is 10.9. The Hall–Kier alpha value is -1.32. The second-order valence-corrected chi connectivity index (χ2v) is 6.12. The average molecular weight is 236 g/mol. The van der Waals surface area contributed by atoms with E-state index in [0.717, 1.165) is 12.1 Å². The van der Waals surface area contributed by atoms with Gasteiger partial charge in [-0.15, -0.1) is 0 Å². The molecule has 1 atom stereocenters. The first-order valence-corrected chi connectivity index (χ1v) is 6.06. The van der Waals surface area contributed by atoms with Gasteiger partial charge in [0.25, 0.3) is 0 Å². The summed E-state index contributed by atoms with van der Waals surface area (Å²) in [6, 6.07) is 0. The second-order valence-electron chi connectivity index (χ2n) is 6.12. The van der Waals surface area contributed by atoms with Crippen molar-refractivity contribution in [3.8, 4) is 0 Å². The van der Waals surface area contributed by atoms with Gasteiger partial charge < -0.3 is 5.11 Å². The van der Waals surface area contributed by atoms with E-state index in [2.05, 4.69) is 18.9 Å². The predicted molar refractivity (Wildman–Crippen MR) is 64.8 cm³/mol. The van der Waals surface area contributed by atoms with Crippen LogP contribution in [0, 0.1) is 11.3 Å². The summed E-state index contributed by atoms with van der Waals surface area (Å²) >= 11 is 0. The molecule has 0 saturated heterocycles. The minimum absolute atomic E-state index is 0.162. The number of carbonyl (C=O) groups is 1. The number of carboxylic acids is 1. The summed E-state index contributed by atoms with van der Waals surface area (Å²) in [5.74, 6) is -0.220. The Labute approximate surface area is 102 Å². The van der Waals surface area contributed by atoms with E-state index in [1.54, 1.807) is 6.20 Å². The van der Waals surface area contributed by atoms with E-state index in [1.807, 2.05) is 24.7 Å². The molecule has 0 bridgehead atoms. The standard InChI is InChI=1S/C13H20N2O2/c1-9(2)6-15-7-10(5-14-15)13(11(16)17)8-12(13,3)4/h5,7,9H,6,8H2,1-4H3,(H,16,17). The van der Waals surface area contributed by atoms with Gasteiger partial charge in [0, 0.05) is 18.3 Å². The van der Waals surface area contributed by atoms with Gasteiger partial charge in [0.15, 0.2) is 0 Å². The van der Waals surface area contributed by atoms with Crippen LogP contribution in [0.1, 0.15) is 39.7 Å². The van der Waals surface area contributed by atoms with Gasteiger partial charge in [0.05, 0.1) is 6.20 Å². The zero-order valence-electron chi connectivity index (χ0n) is 10.9. The van der Waals surface area contributed by atoms with Gasteiger partial charge in [-0.25, -0.2) is 0 Å². The van der Waals surface area contributed by atoms with Crippen LogP contribution < -0.4 is 0 Å². The van der Waals surface area contributed by atoms with Crippen LogP contribution in [0.4, 0.5) is 0 Å². The SMILES string of the molecule is CC(C)Cn1cc(C2(C(=O)O)CC2(C)C)cn1. The van der Waals surface area contributed by atoms with Crippen LogP contribution in [-0.2, 0) is 16.8 Å². The van der Waals surface area contributed by atoms with E-state index in [9.17, 15) is 9.90 Å². The van der Waals surface area contributed by atoms with Crippen LogP contribution in [-0.4, -0.2) is 20.9 Å². The van der Waals surface area contributed by atoms with Crippen LogP contribution in [0.2, 0.25) is 0 Å². The lowest BCUT2D eigenvalue weighted by atomic mass is 9.90. The normalized spacial score (nSPS) is 26.2. The molecule has 1 unspecified atom stereocenters. The van der Waals surface area contributed by atoms with Crippen molar-refractivity contribution >= 4 is 5.97 Å². The highest BCUT2D eigenvalue weighted by atomic mass is 16.4. The first-order valence-electron chi connectivity index (χ1n) is 6.06. The topological polar surface area (TPSA) is 55.1 Å². The average Bonchev–Trinajstić information content (AvgIpc) is 2.55. The molecule has 0 amide bonds. The van der Waals surface area contributed by atoms with Gasteiger partial charge >= 0.3 is 5.97 Å². The molecule has 17 heavy (non-hydrogen) atoms. The van der Waals surface area contributed by atoms with Gasteiger partial charge in [-0.2, -0.15) is 5.10 Å². The Balaban J connectivity index is 2.28. The number of carboxylic acid groups (broad SMARTS) is 1. The molecule has 1 heterocycles. The van der Waals surface area contributed by atoms with Crippen molar-refractivity contribution in [1.82, 2.24) is 9.78 Å². The van der Waals surface area contributed by atoms with Gasteiger partial charge in [-0.3, -0.25) is 9.48 Å². The zero-order chi connectivity index (χ0) is 12.8. The number of aliphatic carboxylic acids is 1. The lowest BCUT2D eigenvalue weighted by Crippen LogP contribution is -2.25. The summed E-state index contributed by atoms with van der Waals surface area (Å²) < 4.78 is 1.85. The molecule has 1 aromatic heterocycles. The summed E-state index contributed by atoms with van der Waals surface area (Å²) in [6.45, 7) is 9.07. The van der Waals surface area contributed by atoms with E-state index in [1.165, 1.54) is 0 Å². The van der Waals surface area contributed by atoms with Gasteiger partial charge in [-0.1, -0.05) is 27.7 Å².